The SMILES string of the molecule is O=S(=O)(/C=C/c1cccnc1)N1CCC(O)CC1. The molecule has 1 aliphatic heterocycles. The molecule has 0 bridgehead atoms. The fourth-order valence-corrected chi connectivity index (χ4v) is 3.04. The molecule has 0 spiro atoms. The van der Waals surface area contributed by atoms with Crippen molar-refractivity contribution in [2.24, 2.45) is 0 Å². The van der Waals surface area contributed by atoms with E-state index in [-0.39, 0.29) is 6.10 Å². The summed E-state index contributed by atoms with van der Waals surface area (Å²) in [6.45, 7) is 0.752. The van der Waals surface area contributed by atoms with Crippen LogP contribution in [0.3, 0.4) is 0 Å². The molecule has 1 aliphatic rings. The minimum Gasteiger partial charge on any atom is -0.393 e. The normalized spacial score (nSPS) is 19.4. The lowest BCUT2D eigenvalue weighted by Crippen LogP contribution is -2.38. The van der Waals surface area contributed by atoms with E-state index in [4.69, 9.17) is 0 Å². The fraction of sp³-hybridized carbons (Fsp3) is 0.417. The highest BCUT2D eigenvalue weighted by molar-refractivity contribution is 7.92. The summed E-state index contributed by atoms with van der Waals surface area (Å²) in [4.78, 5) is 3.92. The predicted molar refractivity (Wildman–Crippen MR) is 69.0 cm³/mol. The second-order valence-electron chi connectivity index (χ2n) is 4.26. The molecule has 1 N–H and O–H groups in total. The summed E-state index contributed by atoms with van der Waals surface area (Å²) >= 11 is 0. The Kier molecular flexibility index (Phi) is 4.11. The van der Waals surface area contributed by atoms with Gasteiger partial charge in [-0.3, -0.25) is 4.98 Å². The lowest BCUT2D eigenvalue weighted by atomic mass is 10.1. The third kappa shape index (κ3) is 3.38. The van der Waals surface area contributed by atoms with Crippen LogP contribution >= 0.6 is 0 Å². The van der Waals surface area contributed by atoms with E-state index < -0.39 is 10.0 Å². The van der Waals surface area contributed by atoms with Crippen LogP contribution in [-0.4, -0.2) is 42.0 Å². The number of aliphatic hydroxyl groups is 1. The van der Waals surface area contributed by atoms with Gasteiger partial charge in [0.2, 0.25) is 10.0 Å². The fourth-order valence-electron chi connectivity index (χ4n) is 1.82. The summed E-state index contributed by atoms with van der Waals surface area (Å²) in [5.74, 6) is 0. The van der Waals surface area contributed by atoms with E-state index in [1.165, 1.54) is 15.8 Å². The predicted octanol–water partition coefficient (Wildman–Crippen LogP) is 0.839. The Labute approximate surface area is 107 Å². The standard InChI is InChI=1S/C12H16N2O3S/c15-12-3-7-14(8-4-12)18(16,17)9-5-11-2-1-6-13-10-11/h1-2,5-6,9-10,12,15H,3-4,7-8H2/b9-5+. The summed E-state index contributed by atoms with van der Waals surface area (Å²) in [6.07, 6.45) is 5.40. The van der Waals surface area contributed by atoms with Crippen LogP contribution < -0.4 is 0 Å². The first kappa shape index (κ1) is 13.2. The highest BCUT2D eigenvalue weighted by atomic mass is 32.2. The van der Waals surface area contributed by atoms with Crippen molar-refractivity contribution in [2.45, 2.75) is 18.9 Å². The van der Waals surface area contributed by atoms with Gasteiger partial charge in [0.15, 0.2) is 0 Å². The van der Waals surface area contributed by atoms with Crippen LogP contribution in [0.1, 0.15) is 18.4 Å². The molecule has 0 radical (unpaired) electrons. The molecule has 0 atom stereocenters. The van der Waals surface area contributed by atoms with E-state index in [1.54, 1.807) is 24.5 Å². The molecule has 0 saturated carbocycles. The molecule has 0 aromatic carbocycles. The van der Waals surface area contributed by atoms with Gasteiger partial charge in [0, 0.05) is 30.9 Å². The van der Waals surface area contributed by atoms with Crippen LogP contribution in [0.2, 0.25) is 0 Å². The molecule has 98 valence electrons. The van der Waals surface area contributed by atoms with Gasteiger partial charge in [-0.05, 0) is 30.5 Å². The van der Waals surface area contributed by atoms with Crippen molar-refractivity contribution in [3.8, 4) is 0 Å². The number of hydrogen-bond acceptors (Lipinski definition) is 4. The van der Waals surface area contributed by atoms with Crippen LogP contribution in [0.5, 0.6) is 0 Å². The monoisotopic (exact) mass is 268 g/mol. The van der Waals surface area contributed by atoms with Gasteiger partial charge in [-0.15, -0.1) is 0 Å². The van der Waals surface area contributed by atoms with E-state index in [1.807, 2.05) is 0 Å². The maximum Gasteiger partial charge on any atom is 0.236 e. The second-order valence-corrected chi connectivity index (χ2v) is 6.08. The molecule has 2 heterocycles. The lowest BCUT2D eigenvalue weighted by molar-refractivity contribution is 0.113. The molecule has 6 heteroatoms. The molecule has 1 aromatic rings. The van der Waals surface area contributed by atoms with Gasteiger partial charge in [0.05, 0.1) is 6.10 Å². The van der Waals surface area contributed by atoms with Crippen molar-refractivity contribution >= 4 is 16.1 Å². The Hall–Kier alpha value is -1.24. The molecule has 0 aliphatic carbocycles. The van der Waals surface area contributed by atoms with Crippen LogP contribution in [-0.2, 0) is 10.0 Å². The van der Waals surface area contributed by atoms with E-state index in [0.717, 1.165) is 5.56 Å². The topological polar surface area (TPSA) is 70.5 Å². The van der Waals surface area contributed by atoms with Gasteiger partial charge in [-0.25, -0.2) is 8.42 Å². The van der Waals surface area contributed by atoms with Gasteiger partial charge in [-0.1, -0.05) is 6.07 Å². The zero-order chi connectivity index (χ0) is 13.0. The Balaban J connectivity index is 2.06. The molecule has 18 heavy (non-hydrogen) atoms. The average molecular weight is 268 g/mol. The van der Waals surface area contributed by atoms with Crippen molar-refractivity contribution in [1.82, 2.24) is 9.29 Å². The number of aliphatic hydroxyl groups excluding tert-OH is 1. The largest absolute Gasteiger partial charge is 0.393 e. The third-order valence-electron chi connectivity index (χ3n) is 2.90. The first-order chi connectivity index (χ1) is 8.58. The molecule has 2 rings (SSSR count). The number of aromatic nitrogens is 1. The molecule has 0 amide bonds. The number of nitrogens with zero attached hydrogens (tertiary/aromatic N) is 2. The summed E-state index contributed by atoms with van der Waals surface area (Å²) in [5.41, 5.74) is 0.748. The Morgan fingerprint density at radius 3 is 2.72 bits per heavy atom. The van der Waals surface area contributed by atoms with E-state index in [2.05, 4.69) is 4.98 Å². The van der Waals surface area contributed by atoms with Crippen molar-refractivity contribution in [3.05, 3.63) is 35.5 Å². The first-order valence-electron chi connectivity index (χ1n) is 5.84. The minimum absolute atomic E-state index is 0.376. The zero-order valence-corrected chi connectivity index (χ0v) is 10.8. The second kappa shape index (κ2) is 5.60. The first-order valence-corrected chi connectivity index (χ1v) is 7.34. The molecule has 0 unspecified atom stereocenters. The quantitative estimate of drug-likeness (QED) is 0.882. The Morgan fingerprint density at radius 1 is 1.39 bits per heavy atom. The maximum absolute atomic E-state index is 12.0. The van der Waals surface area contributed by atoms with Crippen LogP contribution in [0, 0.1) is 0 Å². The number of rotatable bonds is 3. The zero-order valence-electron chi connectivity index (χ0n) is 9.94. The third-order valence-corrected chi connectivity index (χ3v) is 4.47. The van der Waals surface area contributed by atoms with Crippen molar-refractivity contribution in [1.29, 1.82) is 0 Å². The number of piperidine rings is 1. The molecular formula is C12H16N2O3S. The van der Waals surface area contributed by atoms with Crippen molar-refractivity contribution in [3.63, 3.8) is 0 Å². The van der Waals surface area contributed by atoms with E-state index in [0.29, 0.717) is 25.9 Å². The van der Waals surface area contributed by atoms with Crippen LogP contribution in [0.25, 0.3) is 6.08 Å². The molecule has 1 aromatic heterocycles. The minimum atomic E-state index is -3.39. The summed E-state index contributed by atoms with van der Waals surface area (Å²) in [6, 6.07) is 3.54. The lowest BCUT2D eigenvalue weighted by Gasteiger charge is -2.27. The van der Waals surface area contributed by atoms with E-state index in [9.17, 15) is 13.5 Å². The van der Waals surface area contributed by atoms with Gasteiger partial charge in [-0.2, -0.15) is 4.31 Å². The van der Waals surface area contributed by atoms with Gasteiger partial charge in [0.1, 0.15) is 0 Å². The summed E-state index contributed by atoms with van der Waals surface area (Å²) in [5, 5.41) is 10.5. The smallest absolute Gasteiger partial charge is 0.236 e. The van der Waals surface area contributed by atoms with Gasteiger partial charge in [0.25, 0.3) is 0 Å². The number of hydrogen-bond donors (Lipinski definition) is 1. The highest BCUT2D eigenvalue weighted by Crippen LogP contribution is 2.15. The summed E-state index contributed by atoms with van der Waals surface area (Å²) < 4.78 is 25.4. The number of sulfonamides is 1. The molecule has 1 saturated heterocycles. The Bertz CT molecular complexity index is 505. The van der Waals surface area contributed by atoms with E-state index >= 15 is 0 Å². The van der Waals surface area contributed by atoms with Crippen LogP contribution in [0.4, 0.5) is 0 Å². The Morgan fingerprint density at radius 2 is 2.11 bits per heavy atom. The van der Waals surface area contributed by atoms with Crippen molar-refractivity contribution < 1.29 is 13.5 Å². The highest BCUT2D eigenvalue weighted by Gasteiger charge is 2.24. The summed E-state index contributed by atoms with van der Waals surface area (Å²) in [7, 11) is -3.39. The maximum atomic E-state index is 12.0. The molecule has 5 nitrogen and oxygen atoms in total. The van der Waals surface area contributed by atoms with Crippen molar-refractivity contribution in [2.75, 3.05) is 13.1 Å². The van der Waals surface area contributed by atoms with Crippen LogP contribution in [0.15, 0.2) is 29.9 Å². The van der Waals surface area contributed by atoms with Gasteiger partial charge < -0.3 is 5.11 Å². The molecular weight excluding hydrogens is 252 g/mol. The van der Waals surface area contributed by atoms with Gasteiger partial charge >= 0.3 is 0 Å². The number of pyridine rings is 1. The molecule has 1 fully saturated rings. The average Bonchev–Trinajstić information content (AvgIpc) is 2.38.